The van der Waals surface area contributed by atoms with Crippen molar-refractivity contribution in [2.24, 2.45) is 30.7 Å². The third-order valence-electron chi connectivity index (χ3n) is 14.6. The number of rotatable bonds is 22. The highest BCUT2D eigenvalue weighted by atomic mass is 32.2. The van der Waals surface area contributed by atoms with E-state index in [2.05, 4.69) is 93.9 Å². The van der Waals surface area contributed by atoms with Gasteiger partial charge in [-0.15, -0.1) is 39.4 Å². The van der Waals surface area contributed by atoms with E-state index >= 15 is 0 Å². The van der Waals surface area contributed by atoms with E-state index in [0.29, 0.717) is 120 Å². The second-order valence-electron chi connectivity index (χ2n) is 24.3. The zero-order valence-corrected chi connectivity index (χ0v) is 72.8. The van der Waals surface area contributed by atoms with E-state index in [0.717, 1.165) is 68.4 Å². The minimum Gasteiger partial charge on any atom is -0.389 e. The monoisotopic (exact) mass is 1900 g/mol. The number of thiophene rings is 2. The van der Waals surface area contributed by atoms with Crippen LogP contribution in [0.1, 0.15) is 38.9 Å². The van der Waals surface area contributed by atoms with E-state index in [1.807, 2.05) is 141 Å². The molecule has 0 fully saturated rings. The maximum Gasteiger partial charge on any atom is 0.295 e. The van der Waals surface area contributed by atoms with Crippen molar-refractivity contribution in [2.45, 2.75) is 40.4 Å². The average Bonchev–Trinajstić information content (AvgIpc) is 1.82. The van der Waals surface area contributed by atoms with Crippen LogP contribution in [0.3, 0.4) is 0 Å². The Morgan fingerprint density at radius 1 is 0.400 bits per heavy atom. The molecule has 12 rings (SSSR count). The van der Waals surface area contributed by atoms with Crippen LogP contribution < -0.4 is 27.0 Å². The third kappa shape index (κ3) is 36.2. The molecule has 125 heavy (non-hydrogen) atoms. The van der Waals surface area contributed by atoms with E-state index in [4.69, 9.17) is 44.7 Å². The maximum absolute atomic E-state index is 12.0. The number of azo groups is 3. The number of benzene rings is 8. The third-order valence-corrected chi connectivity index (χ3v) is 19.3. The van der Waals surface area contributed by atoms with Gasteiger partial charge in [0.2, 0.25) is 0 Å². The summed E-state index contributed by atoms with van der Waals surface area (Å²) in [6.45, 7) is 5.65. The van der Waals surface area contributed by atoms with Crippen molar-refractivity contribution in [1.82, 2.24) is 9.97 Å². The predicted molar refractivity (Wildman–Crippen MR) is 476 cm³/mol. The van der Waals surface area contributed by atoms with Gasteiger partial charge in [-0.2, -0.15) is 71.6 Å². The number of nitriles is 4. The standard InChI is InChI=1S/C34H23N9O6S3.C20H18N4.C15H10N4O6S3.4CH4O3S.BH4/c1-20-28(19-36)32(37-23-8-4-2-5-9-23)39-33(38-24-10-6-3-7-11-24)31(20)42-43-34-22(18-35)16-30(50-34)41-40-25-12-13-27-21(14-25)15-26(51-49-48-44)17-29(27)52(45,46)47;1-14-15(2)19(22-16-9-5-3-6-10-16)24-20(18(14)13-21)23-17-11-7-4-8-12-17;16-7-9-5-14(26-15(9)17)19-18-10-1-2-12-8(3-10)4-11(27-25-24-20)6-13(12)28(21,22)23;4*1-5(2,3)4;/h2-17,44H,1H3,(H2,37,38,39)(H,45,46,47);3-12H,1-2H3,(H2,22,23,24);1-6,20H,17H2,(H,21,22,23);4*1H3,(H,2,3,4);1H4/q;;;;;;;-1. The van der Waals surface area contributed by atoms with E-state index in [-0.39, 0.29) is 60.6 Å². The van der Waals surface area contributed by atoms with Gasteiger partial charge in [0.1, 0.15) is 60.6 Å². The van der Waals surface area contributed by atoms with E-state index in [1.165, 1.54) is 54.6 Å². The molecule has 0 saturated heterocycles. The summed E-state index contributed by atoms with van der Waals surface area (Å²) >= 11 is 3.21. The van der Waals surface area contributed by atoms with Crippen LogP contribution in [0.5, 0.6) is 0 Å². The Bertz CT molecular complexity index is 6680. The molecule has 0 amide bonds. The Kier molecular flexibility index (Phi) is 39.3. The first-order valence-corrected chi connectivity index (χ1v) is 46.9. The number of hydrogen-bond donors (Lipinski definition) is 13. The second-order valence-corrected chi connectivity index (χ2v) is 36.5. The molecule has 0 saturated carbocycles. The van der Waals surface area contributed by atoms with Crippen LogP contribution in [0, 0.1) is 66.1 Å². The summed E-state index contributed by atoms with van der Waals surface area (Å²) in [5, 5.41) is 103. The van der Waals surface area contributed by atoms with Crippen LogP contribution in [-0.4, -0.2) is 132 Å². The summed E-state index contributed by atoms with van der Waals surface area (Å²) in [7, 11) is -23.8. The van der Waals surface area contributed by atoms with Gasteiger partial charge in [-0.05, 0) is 152 Å². The average molecular weight is 1900 g/mol. The number of fused-ring (bicyclic) bond motifs is 2. The lowest BCUT2D eigenvalue weighted by molar-refractivity contribution is -0.432. The van der Waals surface area contributed by atoms with Crippen molar-refractivity contribution in [3.8, 4) is 24.3 Å². The number of aromatic nitrogens is 2. The molecule has 0 atom stereocenters. The number of nitrogens with zero attached hydrogens (tertiary/aromatic N) is 12. The molecule has 4 aromatic heterocycles. The van der Waals surface area contributed by atoms with Crippen molar-refractivity contribution in [3.05, 3.63) is 233 Å². The molecule has 0 spiro atoms. The first kappa shape index (κ1) is 103. The van der Waals surface area contributed by atoms with Crippen LogP contribution >= 0.6 is 46.8 Å². The van der Waals surface area contributed by atoms with Gasteiger partial charge in [-0.25, -0.2) is 20.5 Å². The molecule has 8 aromatic carbocycles. The Morgan fingerprint density at radius 3 is 1.08 bits per heavy atom. The molecule has 0 unspecified atom stereocenters. The Morgan fingerprint density at radius 2 is 0.736 bits per heavy atom. The van der Waals surface area contributed by atoms with Crippen molar-refractivity contribution < 1.29 is 107 Å². The molecular weight excluding hydrogens is 1830 g/mol. The number of anilines is 9. The van der Waals surface area contributed by atoms with Gasteiger partial charge in [-0.1, -0.05) is 126 Å². The molecule has 656 valence electrons. The Balaban J connectivity index is 0.000000318. The number of hydrogen-bond acceptors (Lipinski definition) is 39. The fraction of sp³-hybridized carbons (Fsp3) is 0.0959. The zero-order valence-electron chi connectivity index (χ0n) is 64.6. The number of pyridine rings is 2. The van der Waals surface area contributed by atoms with Crippen molar-refractivity contribution in [2.75, 3.05) is 52.0 Å². The molecule has 41 nitrogen and oxygen atoms in total. The van der Waals surface area contributed by atoms with Crippen LogP contribution in [0.15, 0.2) is 244 Å². The highest BCUT2D eigenvalue weighted by Crippen LogP contribution is 2.43. The van der Waals surface area contributed by atoms with Crippen LogP contribution in [0.25, 0.3) is 21.5 Å². The van der Waals surface area contributed by atoms with Gasteiger partial charge in [0.05, 0.1) is 82.7 Å². The molecule has 0 aliphatic rings. The van der Waals surface area contributed by atoms with Gasteiger partial charge < -0.3 is 27.0 Å². The van der Waals surface area contributed by atoms with E-state index in [9.17, 15) is 75.4 Å². The first-order valence-electron chi connectivity index (χ1n) is 33.5. The van der Waals surface area contributed by atoms with Gasteiger partial charge in [0.15, 0.2) is 22.5 Å². The van der Waals surface area contributed by atoms with Gasteiger partial charge >= 0.3 is 0 Å². The van der Waals surface area contributed by atoms with E-state index in [1.54, 1.807) is 19.1 Å². The fourth-order valence-corrected chi connectivity index (χ4v) is 13.6. The molecule has 0 aliphatic carbocycles. The summed E-state index contributed by atoms with van der Waals surface area (Å²) in [6, 6.07) is 64.1. The lowest BCUT2D eigenvalue weighted by Crippen LogP contribution is -2.05. The lowest BCUT2D eigenvalue weighted by atomic mass is 10.1. The van der Waals surface area contributed by atoms with Crippen LogP contribution in [-0.2, 0) is 79.5 Å². The summed E-state index contributed by atoms with van der Waals surface area (Å²) < 4.78 is 179. The highest BCUT2D eigenvalue weighted by molar-refractivity contribution is 7.95. The second kappa shape index (κ2) is 47.5. The number of para-hydroxylation sites is 4. The Hall–Kier alpha value is -12.3. The summed E-state index contributed by atoms with van der Waals surface area (Å²) in [4.78, 5) is 9.07. The summed E-state index contributed by atoms with van der Waals surface area (Å²) in [5.41, 5.74) is 13.7. The maximum atomic E-state index is 12.0. The predicted octanol–water partition coefficient (Wildman–Crippen LogP) is 16.4. The van der Waals surface area contributed by atoms with E-state index < -0.39 is 60.7 Å². The smallest absolute Gasteiger partial charge is 0.295 e. The zero-order chi connectivity index (χ0) is 91.9. The minimum atomic E-state index is -4.62. The molecule has 14 N–H and O–H groups in total. The number of nitrogen functional groups attached to an aromatic ring is 1. The van der Waals surface area contributed by atoms with Crippen molar-refractivity contribution in [1.29, 1.82) is 21.0 Å². The molecule has 0 aliphatic heterocycles. The van der Waals surface area contributed by atoms with Gasteiger partial charge in [0.25, 0.3) is 60.7 Å². The van der Waals surface area contributed by atoms with Gasteiger partial charge in [-0.3, -0.25) is 27.3 Å². The van der Waals surface area contributed by atoms with Crippen LogP contribution in [0.4, 0.5) is 83.1 Å². The molecule has 4 heterocycles. The molecule has 0 radical (unpaired) electrons. The fourth-order valence-electron chi connectivity index (χ4n) is 9.67. The minimum absolute atomic E-state index is 0. The summed E-state index contributed by atoms with van der Waals surface area (Å²) in [5.74, 6) is 1.96. The van der Waals surface area contributed by atoms with Crippen LogP contribution in [0.2, 0.25) is 0 Å². The molecule has 12 aromatic rings. The normalized spacial score (nSPS) is 11.3. The molecule has 0 bridgehead atoms. The van der Waals surface area contributed by atoms with Crippen molar-refractivity contribution >= 4 is 221 Å². The number of nitrogens with two attached hydrogens (primary N) is 1. The molecular formula is C73H71BN17O24S10-. The number of nitrogens with one attached hydrogen (secondary N) is 4. The summed E-state index contributed by atoms with van der Waals surface area (Å²) in [6.07, 6.45) is 2.86. The Labute approximate surface area is 733 Å². The topological polar surface area (TPSA) is 673 Å². The lowest BCUT2D eigenvalue weighted by Gasteiger charge is -2.16. The molecule has 52 heteroatoms. The highest BCUT2D eigenvalue weighted by Gasteiger charge is 2.23. The van der Waals surface area contributed by atoms with Crippen molar-refractivity contribution in [3.63, 3.8) is 0 Å². The largest absolute Gasteiger partial charge is 0.389 e. The SMILES string of the molecule is CS(=O)(=O)O.CS(=O)(=O)O.CS(=O)(=O)O.CS(=O)(=O)O.Cc1c(C#N)c(Nc2ccccc2)nc(Nc2ccccc2)c1N=Nc1sc(N=Nc2ccc3c(S(=O)(=O)O)cc(SOOO)cc3c2)cc1C#N.Cc1c(Nc2ccccc2)nc(Nc2ccccc2)c(C#N)c1C.N#Cc1cc(N=Nc2ccc3c(S(=O)(=O)O)cc(SOOO)cc3c2)sc1N.[BH4-]. The first-order chi connectivity index (χ1) is 58.2. The van der Waals surface area contributed by atoms with Gasteiger partial charge in [0, 0.05) is 48.9 Å². The quantitative estimate of drug-likeness (QED) is 0.00748.